The minimum Gasteiger partial charge on any atom is -0.504 e. The summed E-state index contributed by atoms with van der Waals surface area (Å²) in [6.07, 6.45) is -1.55. The molecule has 1 aliphatic heterocycles. The van der Waals surface area contributed by atoms with Gasteiger partial charge in [0.1, 0.15) is 5.58 Å². The van der Waals surface area contributed by atoms with E-state index in [4.69, 9.17) is 23.4 Å². The molecule has 0 saturated carbocycles. The number of aliphatic hydroxyl groups is 1. The molecule has 5 rings (SSSR count). The minimum absolute atomic E-state index is 0.0221. The second-order valence-electron chi connectivity index (χ2n) is 7.35. The molecule has 3 aromatic carbocycles. The van der Waals surface area contributed by atoms with Crippen molar-refractivity contribution in [1.82, 2.24) is 0 Å². The van der Waals surface area contributed by atoms with Gasteiger partial charge in [0.25, 0.3) is 0 Å². The first-order valence-corrected chi connectivity index (χ1v) is 9.93. The van der Waals surface area contributed by atoms with Crippen molar-refractivity contribution in [2.45, 2.75) is 12.2 Å². The van der Waals surface area contributed by atoms with E-state index in [1.54, 1.807) is 42.5 Å². The SMILES string of the molecule is COc1cc([C@@H]2Oc3c(OC)cc4c(=O)c5ccccc5oc4c3O[C@@H]2CO)ccc1O. The van der Waals surface area contributed by atoms with Gasteiger partial charge in [0.05, 0.1) is 31.6 Å². The summed E-state index contributed by atoms with van der Waals surface area (Å²) in [6.45, 7) is -0.371. The monoisotopic (exact) mass is 436 g/mol. The molecule has 8 nitrogen and oxygen atoms in total. The highest BCUT2D eigenvalue weighted by Crippen LogP contribution is 2.50. The normalized spacial score (nSPS) is 17.5. The van der Waals surface area contributed by atoms with E-state index in [2.05, 4.69) is 0 Å². The summed E-state index contributed by atoms with van der Waals surface area (Å²) < 4.78 is 29.1. The third kappa shape index (κ3) is 2.99. The highest BCUT2D eigenvalue weighted by Gasteiger charge is 2.37. The number of ether oxygens (including phenoxy) is 4. The maximum Gasteiger partial charge on any atom is 0.209 e. The number of rotatable bonds is 4. The van der Waals surface area contributed by atoms with Gasteiger partial charge in [0.15, 0.2) is 35.0 Å². The smallest absolute Gasteiger partial charge is 0.209 e. The summed E-state index contributed by atoms with van der Waals surface area (Å²) in [5.41, 5.74) is 1.01. The summed E-state index contributed by atoms with van der Waals surface area (Å²) in [6, 6.07) is 13.2. The molecule has 1 aliphatic rings. The number of aliphatic hydroxyl groups excluding tert-OH is 1. The molecule has 4 aromatic rings. The maximum atomic E-state index is 13.1. The van der Waals surface area contributed by atoms with Crippen LogP contribution in [0.4, 0.5) is 0 Å². The third-order valence-corrected chi connectivity index (χ3v) is 5.53. The Balaban J connectivity index is 1.72. The fourth-order valence-corrected chi connectivity index (χ4v) is 3.94. The molecule has 1 aromatic heterocycles. The lowest BCUT2D eigenvalue weighted by Gasteiger charge is -2.34. The number of aromatic hydroxyl groups is 1. The average molecular weight is 436 g/mol. The van der Waals surface area contributed by atoms with Gasteiger partial charge in [-0.3, -0.25) is 4.79 Å². The standard InChI is InChI=1S/C24H20O8/c1-28-17-9-12(7-8-15(17)26)21-19(11-25)31-24-22-14(10-18(29-2)23(24)32-21)20(27)13-5-3-4-6-16(13)30-22/h3-10,19,21,25-26H,11H2,1-2H3/t19-,21+/m1/s1. The van der Waals surface area contributed by atoms with Crippen molar-refractivity contribution in [2.75, 3.05) is 20.8 Å². The van der Waals surface area contributed by atoms with Gasteiger partial charge in [0.2, 0.25) is 16.9 Å². The topological polar surface area (TPSA) is 108 Å². The van der Waals surface area contributed by atoms with Gasteiger partial charge in [0, 0.05) is 5.56 Å². The lowest BCUT2D eigenvalue weighted by atomic mass is 10.0. The molecule has 2 atom stereocenters. The Kier molecular flexibility index (Phi) is 4.79. The molecule has 0 amide bonds. The van der Waals surface area contributed by atoms with Gasteiger partial charge in [-0.25, -0.2) is 0 Å². The molecule has 0 aliphatic carbocycles. The van der Waals surface area contributed by atoms with E-state index < -0.39 is 12.2 Å². The molecular weight excluding hydrogens is 416 g/mol. The van der Waals surface area contributed by atoms with E-state index in [-0.39, 0.29) is 46.0 Å². The number of benzene rings is 3. The van der Waals surface area contributed by atoms with E-state index in [1.807, 2.05) is 0 Å². The lowest BCUT2D eigenvalue weighted by molar-refractivity contribution is -0.0134. The van der Waals surface area contributed by atoms with Crippen molar-refractivity contribution in [1.29, 1.82) is 0 Å². The average Bonchev–Trinajstić information content (AvgIpc) is 2.83. The zero-order valence-electron chi connectivity index (χ0n) is 17.3. The molecule has 8 heteroatoms. The first-order valence-electron chi connectivity index (χ1n) is 9.93. The molecule has 0 spiro atoms. The van der Waals surface area contributed by atoms with E-state index in [0.29, 0.717) is 22.3 Å². The lowest BCUT2D eigenvalue weighted by Crippen LogP contribution is -2.36. The summed E-state index contributed by atoms with van der Waals surface area (Å²) in [5.74, 6) is 0.966. The first kappa shape index (κ1) is 20.0. The molecule has 32 heavy (non-hydrogen) atoms. The Morgan fingerprint density at radius 2 is 1.72 bits per heavy atom. The van der Waals surface area contributed by atoms with E-state index in [1.165, 1.54) is 20.3 Å². The quantitative estimate of drug-likeness (QED) is 0.468. The van der Waals surface area contributed by atoms with Crippen LogP contribution in [0.2, 0.25) is 0 Å². The van der Waals surface area contributed by atoms with Gasteiger partial charge in [-0.15, -0.1) is 0 Å². The Hall–Kier alpha value is -3.91. The predicted molar refractivity (Wildman–Crippen MR) is 116 cm³/mol. The number of fused-ring (bicyclic) bond motifs is 4. The van der Waals surface area contributed by atoms with E-state index >= 15 is 0 Å². The number of phenols is 1. The molecule has 0 radical (unpaired) electrons. The van der Waals surface area contributed by atoms with Crippen molar-refractivity contribution in [3.05, 3.63) is 64.3 Å². The molecule has 2 heterocycles. The van der Waals surface area contributed by atoms with Crippen LogP contribution in [0.3, 0.4) is 0 Å². The number of methoxy groups -OCH3 is 2. The van der Waals surface area contributed by atoms with Crippen LogP contribution in [0.1, 0.15) is 11.7 Å². The number of para-hydroxylation sites is 1. The molecule has 0 bridgehead atoms. The largest absolute Gasteiger partial charge is 0.504 e. The Labute approximate surface area is 182 Å². The second-order valence-corrected chi connectivity index (χ2v) is 7.35. The zero-order valence-corrected chi connectivity index (χ0v) is 17.3. The fraction of sp³-hybridized carbons (Fsp3) is 0.208. The van der Waals surface area contributed by atoms with Crippen LogP contribution in [0.15, 0.2) is 57.7 Å². The van der Waals surface area contributed by atoms with Gasteiger partial charge in [-0.1, -0.05) is 18.2 Å². The predicted octanol–water partition coefficient (Wildman–Crippen LogP) is 3.54. The van der Waals surface area contributed by atoms with Crippen molar-refractivity contribution >= 4 is 21.9 Å². The van der Waals surface area contributed by atoms with Crippen LogP contribution < -0.4 is 24.4 Å². The third-order valence-electron chi connectivity index (χ3n) is 5.53. The zero-order chi connectivity index (χ0) is 22.4. The van der Waals surface area contributed by atoms with Gasteiger partial charge < -0.3 is 33.6 Å². The van der Waals surface area contributed by atoms with Gasteiger partial charge >= 0.3 is 0 Å². The van der Waals surface area contributed by atoms with Crippen LogP contribution in [0.25, 0.3) is 21.9 Å². The summed E-state index contributed by atoms with van der Waals surface area (Å²) in [4.78, 5) is 13.1. The highest BCUT2D eigenvalue weighted by molar-refractivity contribution is 5.95. The van der Waals surface area contributed by atoms with Gasteiger partial charge in [-0.05, 0) is 30.3 Å². The van der Waals surface area contributed by atoms with Crippen molar-refractivity contribution in [3.8, 4) is 28.7 Å². The molecule has 0 unspecified atom stereocenters. The maximum absolute atomic E-state index is 13.1. The minimum atomic E-state index is -0.816. The van der Waals surface area contributed by atoms with Crippen LogP contribution >= 0.6 is 0 Å². The van der Waals surface area contributed by atoms with Crippen LogP contribution in [0.5, 0.6) is 28.7 Å². The summed E-state index contributed by atoms with van der Waals surface area (Å²) >= 11 is 0. The number of hydrogen-bond acceptors (Lipinski definition) is 8. The molecule has 2 N–H and O–H groups in total. The van der Waals surface area contributed by atoms with Crippen molar-refractivity contribution in [3.63, 3.8) is 0 Å². The second kappa shape index (κ2) is 7.65. The highest BCUT2D eigenvalue weighted by atomic mass is 16.6. The molecular formula is C24H20O8. The molecule has 0 saturated heterocycles. The van der Waals surface area contributed by atoms with E-state index in [9.17, 15) is 15.0 Å². The van der Waals surface area contributed by atoms with Crippen LogP contribution in [-0.4, -0.2) is 37.1 Å². The summed E-state index contributed by atoms with van der Waals surface area (Å²) in [5, 5.41) is 20.7. The number of phenolic OH excluding ortho intramolecular Hbond substituents is 1. The Morgan fingerprint density at radius 1 is 0.938 bits per heavy atom. The Morgan fingerprint density at radius 3 is 2.47 bits per heavy atom. The van der Waals surface area contributed by atoms with Crippen LogP contribution in [-0.2, 0) is 0 Å². The van der Waals surface area contributed by atoms with Crippen molar-refractivity contribution < 1.29 is 33.6 Å². The fourth-order valence-electron chi connectivity index (χ4n) is 3.94. The summed E-state index contributed by atoms with van der Waals surface area (Å²) in [7, 11) is 2.90. The van der Waals surface area contributed by atoms with Gasteiger partial charge in [-0.2, -0.15) is 0 Å². The number of hydrogen-bond donors (Lipinski definition) is 2. The van der Waals surface area contributed by atoms with Crippen molar-refractivity contribution in [2.24, 2.45) is 0 Å². The molecule has 164 valence electrons. The Bertz CT molecular complexity index is 1390. The van der Waals surface area contributed by atoms with E-state index in [0.717, 1.165) is 0 Å². The molecule has 0 fully saturated rings. The first-order chi connectivity index (χ1) is 15.5. The van der Waals surface area contributed by atoms with Crippen LogP contribution in [0, 0.1) is 0 Å².